The van der Waals surface area contributed by atoms with Gasteiger partial charge in [0.05, 0.1) is 6.04 Å². The molecule has 6 N–H and O–H groups in total. The summed E-state index contributed by atoms with van der Waals surface area (Å²) in [6, 6.07) is 0.929. The average Bonchev–Trinajstić information content (AvgIpc) is 3.26. The Hall–Kier alpha value is -0.880. The zero-order chi connectivity index (χ0) is 15.7. The third-order valence-corrected chi connectivity index (χ3v) is 5.23. The van der Waals surface area contributed by atoms with Crippen molar-refractivity contribution in [2.45, 2.75) is 49.2 Å². The Morgan fingerprint density at radius 2 is 2.00 bits per heavy atom. The molecule has 22 heavy (non-hydrogen) atoms. The van der Waals surface area contributed by atoms with E-state index in [1.807, 2.05) is 6.21 Å². The fourth-order valence-electron chi connectivity index (χ4n) is 3.80. The van der Waals surface area contributed by atoms with E-state index in [0.717, 1.165) is 18.4 Å². The first kappa shape index (κ1) is 16.0. The zero-order valence-electron chi connectivity index (χ0n) is 13.0. The van der Waals surface area contributed by atoms with E-state index in [0.29, 0.717) is 38.1 Å². The highest BCUT2D eigenvalue weighted by Crippen LogP contribution is 2.51. The van der Waals surface area contributed by atoms with Gasteiger partial charge in [0.25, 0.3) is 0 Å². The molecule has 0 aromatic rings. The number of hydrogen-bond donors (Lipinski definition) is 3. The summed E-state index contributed by atoms with van der Waals surface area (Å²) in [6.07, 6.45) is 8.83. The van der Waals surface area contributed by atoms with Gasteiger partial charge in [-0.15, -0.1) is 0 Å². The van der Waals surface area contributed by atoms with Gasteiger partial charge >= 0.3 is 0 Å². The molecule has 0 aromatic heterocycles. The lowest BCUT2D eigenvalue weighted by Crippen LogP contribution is -2.36. The summed E-state index contributed by atoms with van der Waals surface area (Å²) in [6.45, 7) is 1.79. The van der Waals surface area contributed by atoms with Crippen molar-refractivity contribution in [1.29, 1.82) is 0 Å². The molecule has 0 bridgehead atoms. The van der Waals surface area contributed by atoms with Gasteiger partial charge in [-0.3, -0.25) is 4.99 Å². The van der Waals surface area contributed by atoms with Crippen LogP contribution in [0.3, 0.4) is 0 Å². The fraction of sp³-hybridized carbons (Fsp3) is 0.688. The molecule has 0 amide bonds. The second kappa shape index (κ2) is 6.32. The molecule has 0 aromatic carbocycles. The van der Waals surface area contributed by atoms with Crippen molar-refractivity contribution in [2.24, 2.45) is 22.2 Å². The molecule has 6 heteroatoms. The van der Waals surface area contributed by atoms with Crippen LogP contribution in [0.1, 0.15) is 32.1 Å². The Kier molecular flexibility index (Phi) is 4.59. The fourth-order valence-corrected chi connectivity index (χ4v) is 4.18. The molecule has 1 fully saturated rings. The molecule has 2 aliphatic heterocycles. The minimum atomic E-state index is -0.736. The lowest BCUT2D eigenvalue weighted by atomic mass is 9.91. The van der Waals surface area contributed by atoms with Gasteiger partial charge in [0.15, 0.2) is 5.00 Å². The molecule has 2 unspecified atom stereocenters. The zero-order valence-corrected chi connectivity index (χ0v) is 13.7. The van der Waals surface area contributed by atoms with Gasteiger partial charge in [-0.2, -0.15) is 0 Å². The quantitative estimate of drug-likeness (QED) is 0.483. The van der Waals surface area contributed by atoms with Crippen molar-refractivity contribution in [3.8, 4) is 0 Å². The van der Waals surface area contributed by atoms with Crippen molar-refractivity contribution in [3.05, 3.63) is 22.9 Å². The van der Waals surface area contributed by atoms with E-state index in [-0.39, 0.29) is 0 Å². The van der Waals surface area contributed by atoms with E-state index in [4.69, 9.17) is 28.8 Å². The molecule has 1 aliphatic carbocycles. The molecule has 0 spiro atoms. The first-order valence-electron chi connectivity index (χ1n) is 8.23. The van der Waals surface area contributed by atoms with Crippen molar-refractivity contribution < 1.29 is 0 Å². The number of fused-ring (bicyclic) bond motifs is 1. The maximum Gasteiger partial charge on any atom is 0.162 e. The van der Waals surface area contributed by atoms with Crippen molar-refractivity contribution in [2.75, 3.05) is 19.6 Å². The molecule has 2 heterocycles. The number of rotatable bonds is 7. The highest BCUT2D eigenvalue weighted by molar-refractivity contribution is 6.27. The van der Waals surface area contributed by atoms with Crippen LogP contribution in [0.25, 0.3) is 0 Å². The molecule has 122 valence electrons. The molecule has 3 rings (SSSR count). The second-order valence-electron chi connectivity index (χ2n) is 6.30. The van der Waals surface area contributed by atoms with E-state index in [9.17, 15) is 0 Å². The first-order valence-corrected chi connectivity index (χ1v) is 8.61. The number of nitrogens with two attached hydrogens (primary N) is 3. The Morgan fingerprint density at radius 3 is 2.59 bits per heavy atom. The van der Waals surface area contributed by atoms with Crippen LogP contribution in [0, 0.1) is 0 Å². The molecule has 1 saturated carbocycles. The topological polar surface area (TPSA) is 93.7 Å². The van der Waals surface area contributed by atoms with Gasteiger partial charge in [0.2, 0.25) is 0 Å². The summed E-state index contributed by atoms with van der Waals surface area (Å²) in [5, 5.41) is 0. The first-order chi connectivity index (χ1) is 10.7. The average molecular weight is 324 g/mol. The van der Waals surface area contributed by atoms with Crippen LogP contribution in [0.15, 0.2) is 27.9 Å². The van der Waals surface area contributed by atoms with Crippen LogP contribution in [0.5, 0.6) is 0 Å². The number of nitrogens with zero attached hydrogens (tertiary/aromatic N) is 2. The summed E-state index contributed by atoms with van der Waals surface area (Å²) >= 11 is 6.89. The molecule has 2 atom stereocenters. The minimum Gasteiger partial charge on any atom is -0.361 e. The van der Waals surface area contributed by atoms with Crippen molar-refractivity contribution >= 4 is 17.8 Å². The number of halogens is 1. The Balaban J connectivity index is 2.06. The Morgan fingerprint density at radius 1 is 1.23 bits per heavy atom. The van der Waals surface area contributed by atoms with Crippen LogP contribution in [-0.4, -0.2) is 47.8 Å². The van der Waals surface area contributed by atoms with E-state index >= 15 is 0 Å². The SMILES string of the molecule is NCCC1=C2C(=CC=NC2(Cl)CCN)N(C2CC2)C1CCN. The number of alkyl halides is 1. The summed E-state index contributed by atoms with van der Waals surface area (Å²) in [5.74, 6) is 0. The normalized spacial score (nSPS) is 30.8. The van der Waals surface area contributed by atoms with Crippen LogP contribution in [0.2, 0.25) is 0 Å². The second-order valence-corrected chi connectivity index (χ2v) is 6.92. The van der Waals surface area contributed by atoms with E-state index in [2.05, 4.69) is 16.0 Å². The largest absolute Gasteiger partial charge is 0.361 e. The maximum absolute atomic E-state index is 6.89. The Labute approximate surface area is 137 Å². The molecular weight excluding hydrogens is 298 g/mol. The van der Waals surface area contributed by atoms with Crippen molar-refractivity contribution in [1.82, 2.24) is 4.90 Å². The van der Waals surface area contributed by atoms with Crippen molar-refractivity contribution in [3.63, 3.8) is 0 Å². The minimum absolute atomic E-state index is 0.319. The standard InChI is InChI=1S/C16H26ClN5/c17-16(6-9-20)15-12(3-7-18)13(4-8-19)22(11-1-2-11)14(15)5-10-21-16/h5,10-11,13H,1-4,6-9,18-20H2. The molecule has 0 radical (unpaired) electrons. The van der Waals surface area contributed by atoms with Gasteiger partial charge in [0, 0.05) is 29.9 Å². The molecule has 0 saturated heterocycles. The Bertz CT molecular complexity index is 523. The summed E-state index contributed by atoms with van der Waals surface area (Å²) in [7, 11) is 0. The highest BCUT2D eigenvalue weighted by Gasteiger charge is 2.49. The summed E-state index contributed by atoms with van der Waals surface area (Å²) < 4.78 is 0. The highest BCUT2D eigenvalue weighted by atomic mass is 35.5. The maximum atomic E-state index is 6.89. The van der Waals surface area contributed by atoms with Gasteiger partial charge < -0.3 is 22.1 Å². The summed E-state index contributed by atoms with van der Waals surface area (Å²) in [4.78, 5) is 6.35. The van der Waals surface area contributed by atoms with Crippen LogP contribution < -0.4 is 17.2 Å². The van der Waals surface area contributed by atoms with E-state index in [1.54, 1.807) is 0 Å². The monoisotopic (exact) mass is 323 g/mol. The predicted octanol–water partition coefficient (Wildman–Crippen LogP) is 1.08. The van der Waals surface area contributed by atoms with Gasteiger partial charge in [0.1, 0.15) is 0 Å². The van der Waals surface area contributed by atoms with Crippen LogP contribution >= 0.6 is 11.6 Å². The number of dihydropyridines is 1. The lowest BCUT2D eigenvalue weighted by Gasteiger charge is -2.33. The lowest BCUT2D eigenvalue weighted by molar-refractivity contribution is 0.283. The molecule has 5 nitrogen and oxygen atoms in total. The summed E-state index contributed by atoms with van der Waals surface area (Å²) in [5.41, 5.74) is 21.2. The van der Waals surface area contributed by atoms with Crippen LogP contribution in [-0.2, 0) is 0 Å². The van der Waals surface area contributed by atoms with E-state index < -0.39 is 5.00 Å². The third kappa shape index (κ3) is 2.60. The molecule has 3 aliphatic rings. The number of hydrogen-bond acceptors (Lipinski definition) is 5. The van der Waals surface area contributed by atoms with Gasteiger partial charge in [-0.1, -0.05) is 11.6 Å². The van der Waals surface area contributed by atoms with Gasteiger partial charge in [-0.05, 0) is 57.0 Å². The predicted molar refractivity (Wildman–Crippen MR) is 91.8 cm³/mol. The smallest absolute Gasteiger partial charge is 0.162 e. The van der Waals surface area contributed by atoms with E-state index in [1.165, 1.54) is 24.1 Å². The number of aliphatic imine (C=N–C) groups is 1. The van der Waals surface area contributed by atoms with Gasteiger partial charge in [-0.25, -0.2) is 0 Å². The number of allylic oxidation sites excluding steroid dienone is 1. The van der Waals surface area contributed by atoms with Crippen LogP contribution in [0.4, 0.5) is 0 Å². The molecular formula is C16H26ClN5. The third-order valence-electron chi connectivity index (χ3n) is 4.76.